The van der Waals surface area contributed by atoms with Gasteiger partial charge in [-0.15, -0.1) is 0 Å². The molecule has 3 heterocycles. The molecule has 1 aliphatic heterocycles. The van der Waals surface area contributed by atoms with Crippen LogP contribution in [0.4, 0.5) is 0 Å². The lowest BCUT2D eigenvalue weighted by atomic mass is 10.00. The zero-order valence-corrected chi connectivity index (χ0v) is 22.9. The Balaban J connectivity index is 1.24. The van der Waals surface area contributed by atoms with Crippen LogP contribution in [0.2, 0.25) is 0 Å². The number of nitrogens with zero attached hydrogens (tertiary/aromatic N) is 2. The number of nitrogens with one attached hydrogen (secondary N) is 2. The molecular weight excluding hydrogens is 492 g/mol. The number of ether oxygens (including phenoxy) is 2. The number of aromatic nitrogens is 3. The van der Waals surface area contributed by atoms with Crippen LogP contribution >= 0.6 is 0 Å². The third-order valence-corrected chi connectivity index (χ3v) is 8.63. The van der Waals surface area contributed by atoms with Gasteiger partial charge in [0.2, 0.25) is 0 Å². The van der Waals surface area contributed by atoms with E-state index < -0.39 is 0 Å². The molecule has 2 N–H and O–H groups in total. The quantitative estimate of drug-likeness (QED) is 0.362. The molecule has 8 heteroatoms. The molecule has 3 fully saturated rings. The number of carbonyl (C=O) groups excluding carboxylic acids is 1. The van der Waals surface area contributed by atoms with Crippen LogP contribution in [-0.4, -0.2) is 45.9 Å². The van der Waals surface area contributed by atoms with Gasteiger partial charge in [-0.2, -0.15) is 0 Å². The minimum absolute atomic E-state index is 0.0774. The Morgan fingerprint density at radius 3 is 2.67 bits per heavy atom. The lowest BCUT2D eigenvalue weighted by Crippen LogP contribution is -2.39. The Kier molecular flexibility index (Phi) is 7.84. The average molecular weight is 533 g/mol. The predicted molar refractivity (Wildman–Crippen MR) is 150 cm³/mol. The molecule has 2 aliphatic carbocycles. The fraction of sp³-hybridized carbons (Fsp3) is 0.581. The topological polar surface area (TPSA) is 98.2 Å². The van der Waals surface area contributed by atoms with Gasteiger partial charge in [0.25, 0.3) is 5.56 Å². The number of pyridine rings is 1. The van der Waals surface area contributed by atoms with E-state index in [1.807, 2.05) is 13.0 Å². The van der Waals surface area contributed by atoms with Crippen molar-refractivity contribution in [2.45, 2.75) is 89.9 Å². The van der Waals surface area contributed by atoms with Gasteiger partial charge in [-0.1, -0.05) is 18.9 Å². The summed E-state index contributed by atoms with van der Waals surface area (Å²) in [5, 5.41) is 3.52. The van der Waals surface area contributed by atoms with Crippen LogP contribution in [-0.2, 0) is 27.4 Å². The van der Waals surface area contributed by atoms with Gasteiger partial charge in [-0.05, 0) is 87.5 Å². The summed E-state index contributed by atoms with van der Waals surface area (Å²) in [6.45, 7) is 4.87. The van der Waals surface area contributed by atoms with Crippen molar-refractivity contribution < 1.29 is 14.3 Å². The van der Waals surface area contributed by atoms with E-state index in [9.17, 15) is 9.59 Å². The van der Waals surface area contributed by atoms with Crippen LogP contribution in [0.1, 0.15) is 68.9 Å². The number of hydrogen-bond donors (Lipinski definition) is 2. The Morgan fingerprint density at radius 1 is 1.13 bits per heavy atom. The first-order valence-corrected chi connectivity index (χ1v) is 14.7. The zero-order valence-electron chi connectivity index (χ0n) is 22.9. The highest BCUT2D eigenvalue weighted by Gasteiger charge is 2.32. The molecule has 3 aliphatic rings. The van der Waals surface area contributed by atoms with Gasteiger partial charge in [-0.3, -0.25) is 9.59 Å². The molecule has 208 valence electrons. The van der Waals surface area contributed by atoms with Crippen LogP contribution < -0.4 is 10.9 Å². The van der Waals surface area contributed by atoms with E-state index in [4.69, 9.17) is 14.5 Å². The first-order valence-electron chi connectivity index (χ1n) is 14.7. The van der Waals surface area contributed by atoms with Crippen molar-refractivity contribution in [1.82, 2.24) is 19.9 Å². The number of esters is 1. The van der Waals surface area contributed by atoms with Crippen LogP contribution in [0.3, 0.4) is 0 Å². The molecule has 1 saturated heterocycles. The number of benzene rings is 1. The van der Waals surface area contributed by atoms with E-state index in [2.05, 4.69) is 33.1 Å². The van der Waals surface area contributed by atoms with Crippen molar-refractivity contribution in [3.63, 3.8) is 0 Å². The summed E-state index contributed by atoms with van der Waals surface area (Å²) in [7, 11) is 0. The van der Waals surface area contributed by atoms with Crippen molar-refractivity contribution in [2.75, 3.05) is 13.2 Å². The van der Waals surface area contributed by atoms with E-state index in [1.165, 1.54) is 12.8 Å². The van der Waals surface area contributed by atoms with Crippen LogP contribution in [0.15, 0.2) is 35.3 Å². The molecule has 2 saturated carbocycles. The second kappa shape index (κ2) is 11.6. The largest absolute Gasteiger partial charge is 0.461 e. The summed E-state index contributed by atoms with van der Waals surface area (Å²) in [4.78, 5) is 33.0. The minimum atomic E-state index is -0.264. The maximum absolute atomic E-state index is 13.0. The first-order chi connectivity index (χ1) is 19.0. The molecule has 0 amide bonds. The minimum Gasteiger partial charge on any atom is -0.461 e. The molecular formula is C31H40N4O4. The standard InChI is InChI=1S/C31H40N4O4/c1-20-14-24(18-33-30(20)36)29-34-26-16-23(8-9-28(26)35(29)19-22-10-12-38-13-11-22)17-32-27(15-21-6-7-21)31(37)39-25-4-2-3-5-25/h8-9,14,16,18,21-22,25,27,32H,2-7,10-13,15,17,19H2,1H3,(H,33,36). The number of hydrogen-bond acceptors (Lipinski definition) is 6. The Bertz CT molecular complexity index is 1360. The lowest BCUT2D eigenvalue weighted by Gasteiger charge is -2.23. The molecule has 0 spiro atoms. The van der Waals surface area contributed by atoms with Crippen molar-refractivity contribution >= 4 is 17.0 Å². The molecule has 3 aromatic rings. The Morgan fingerprint density at radius 2 is 1.92 bits per heavy atom. The van der Waals surface area contributed by atoms with Crippen molar-refractivity contribution in [3.8, 4) is 11.4 Å². The molecule has 1 aromatic carbocycles. The highest BCUT2D eigenvalue weighted by Crippen LogP contribution is 2.34. The summed E-state index contributed by atoms with van der Waals surface area (Å²) >= 11 is 0. The fourth-order valence-corrected chi connectivity index (χ4v) is 6.05. The summed E-state index contributed by atoms with van der Waals surface area (Å²) in [5.74, 6) is 1.93. The van der Waals surface area contributed by atoms with Gasteiger partial charge in [0, 0.05) is 43.6 Å². The second-order valence-electron chi connectivity index (χ2n) is 11.8. The molecule has 6 rings (SSSR count). The molecule has 1 atom stereocenters. The van der Waals surface area contributed by atoms with E-state index in [-0.39, 0.29) is 23.7 Å². The Labute approximate surface area is 229 Å². The summed E-state index contributed by atoms with van der Waals surface area (Å²) in [5.41, 5.74) is 4.61. The summed E-state index contributed by atoms with van der Waals surface area (Å²) in [6.07, 6.45) is 11.5. The molecule has 0 bridgehead atoms. The van der Waals surface area contributed by atoms with Crippen LogP contribution in [0.5, 0.6) is 0 Å². The maximum Gasteiger partial charge on any atom is 0.323 e. The fourth-order valence-electron chi connectivity index (χ4n) is 6.05. The average Bonchev–Trinajstić information content (AvgIpc) is 3.49. The van der Waals surface area contributed by atoms with E-state index in [1.54, 1.807) is 6.20 Å². The zero-order chi connectivity index (χ0) is 26.8. The maximum atomic E-state index is 13.0. The molecule has 0 radical (unpaired) electrons. The highest BCUT2D eigenvalue weighted by molar-refractivity contribution is 5.81. The normalized spacial score (nSPS) is 19.5. The first kappa shape index (κ1) is 26.3. The lowest BCUT2D eigenvalue weighted by molar-refractivity contribution is -0.151. The number of aromatic amines is 1. The third kappa shape index (κ3) is 6.28. The van der Waals surface area contributed by atoms with Gasteiger partial charge >= 0.3 is 5.97 Å². The van der Waals surface area contributed by atoms with Crippen molar-refractivity contribution in [2.24, 2.45) is 11.8 Å². The van der Waals surface area contributed by atoms with Crippen LogP contribution in [0.25, 0.3) is 22.4 Å². The Hall–Kier alpha value is -2.97. The van der Waals surface area contributed by atoms with E-state index in [0.717, 1.165) is 92.7 Å². The van der Waals surface area contributed by atoms with E-state index >= 15 is 0 Å². The monoisotopic (exact) mass is 532 g/mol. The highest BCUT2D eigenvalue weighted by atomic mass is 16.5. The van der Waals surface area contributed by atoms with Gasteiger partial charge in [0.05, 0.1) is 11.0 Å². The third-order valence-electron chi connectivity index (χ3n) is 8.63. The van der Waals surface area contributed by atoms with E-state index in [0.29, 0.717) is 23.9 Å². The smallest absolute Gasteiger partial charge is 0.323 e. The molecule has 2 aromatic heterocycles. The predicted octanol–water partition coefficient (Wildman–Crippen LogP) is 4.87. The molecule has 39 heavy (non-hydrogen) atoms. The molecule has 8 nitrogen and oxygen atoms in total. The van der Waals surface area contributed by atoms with Gasteiger partial charge in [0.15, 0.2) is 0 Å². The number of aryl methyl sites for hydroxylation is 1. The van der Waals surface area contributed by atoms with Gasteiger partial charge in [-0.25, -0.2) is 4.98 Å². The van der Waals surface area contributed by atoms with Gasteiger partial charge in [0.1, 0.15) is 18.0 Å². The number of H-pyrrole nitrogens is 1. The SMILES string of the molecule is Cc1cc(-c2nc3cc(CNC(CC4CC4)C(=O)OC4CCCC4)ccc3n2CC2CCOCC2)c[nH]c1=O. The van der Waals surface area contributed by atoms with Crippen molar-refractivity contribution in [3.05, 3.63) is 51.9 Å². The summed E-state index contributed by atoms with van der Waals surface area (Å²) < 4.78 is 13.8. The van der Waals surface area contributed by atoms with Crippen molar-refractivity contribution in [1.29, 1.82) is 0 Å². The van der Waals surface area contributed by atoms with Gasteiger partial charge < -0.3 is 24.3 Å². The molecule has 1 unspecified atom stereocenters. The number of fused-ring (bicyclic) bond motifs is 1. The van der Waals surface area contributed by atoms with Crippen LogP contribution in [0, 0.1) is 18.8 Å². The second-order valence-corrected chi connectivity index (χ2v) is 11.8. The number of imidazole rings is 1. The number of carbonyl (C=O) groups is 1. The number of rotatable bonds is 10. The summed E-state index contributed by atoms with van der Waals surface area (Å²) in [6, 6.07) is 8.06.